The Morgan fingerprint density at radius 1 is 1.21 bits per heavy atom. The lowest BCUT2D eigenvalue weighted by molar-refractivity contribution is -0.115. The average Bonchev–Trinajstić information content (AvgIpc) is 3.14. The maximum atomic E-state index is 12.4. The van der Waals surface area contributed by atoms with Crippen molar-refractivity contribution in [3.05, 3.63) is 97.3 Å². The summed E-state index contributed by atoms with van der Waals surface area (Å²) in [6.07, 6.45) is 1.80. The van der Waals surface area contributed by atoms with Gasteiger partial charge in [-0.1, -0.05) is 35.9 Å². The quantitative estimate of drug-likeness (QED) is 0.365. The number of thioether (sulfide) groups is 1. The van der Waals surface area contributed by atoms with E-state index < -0.39 is 0 Å². The van der Waals surface area contributed by atoms with Gasteiger partial charge in [0.1, 0.15) is 12.4 Å². The van der Waals surface area contributed by atoms with Gasteiger partial charge in [0.25, 0.3) is 5.91 Å². The summed E-state index contributed by atoms with van der Waals surface area (Å²) in [4.78, 5) is 17.5. The van der Waals surface area contributed by atoms with Gasteiger partial charge in [-0.2, -0.15) is 5.26 Å². The van der Waals surface area contributed by atoms with E-state index in [9.17, 15) is 10.1 Å². The van der Waals surface area contributed by atoms with Crippen LogP contribution in [0.5, 0.6) is 5.75 Å². The molecule has 0 saturated carbocycles. The van der Waals surface area contributed by atoms with Gasteiger partial charge in [0, 0.05) is 10.6 Å². The van der Waals surface area contributed by atoms with Crippen molar-refractivity contribution >= 4 is 62.1 Å². The Morgan fingerprint density at radius 3 is 2.79 bits per heavy atom. The van der Waals surface area contributed by atoms with Gasteiger partial charge >= 0.3 is 0 Å². The number of rotatable bonds is 5. The number of nitriles is 1. The van der Waals surface area contributed by atoms with E-state index in [1.54, 1.807) is 18.2 Å². The molecule has 1 fully saturated rings. The van der Waals surface area contributed by atoms with Crippen LogP contribution in [0.2, 0.25) is 5.02 Å². The van der Waals surface area contributed by atoms with E-state index in [4.69, 9.17) is 16.3 Å². The Labute approximate surface area is 209 Å². The number of hydrogen-bond acceptors (Lipinski definition) is 5. The van der Waals surface area contributed by atoms with Crippen LogP contribution in [0.3, 0.4) is 0 Å². The van der Waals surface area contributed by atoms with E-state index in [1.807, 2.05) is 55.5 Å². The average molecular weight is 539 g/mol. The van der Waals surface area contributed by atoms with Gasteiger partial charge in [0.15, 0.2) is 5.17 Å². The van der Waals surface area contributed by atoms with Crippen molar-refractivity contribution < 1.29 is 9.53 Å². The highest BCUT2D eigenvalue weighted by Gasteiger charge is 2.24. The second-order valence-electron chi connectivity index (χ2n) is 7.16. The number of hydrogen-bond donors (Lipinski definition) is 1. The van der Waals surface area contributed by atoms with E-state index in [0.717, 1.165) is 26.9 Å². The number of amidine groups is 1. The van der Waals surface area contributed by atoms with Gasteiger partial charge in [0.2, 0.25) is 0 Å². The first-order valence-electron chi connectivity index (χ1n) is 9.89. The lowest BCUT2D eigenvalue weighted by Gasteiger charge is -2.10. The first-order chi connectivity index (χ1) is 15.9. The first-order valence-corrected chi connectivity index (χ1v) is 11.9. The molecule has 3 aromatic rings. The van der Waals surface area contributed by atoms with E-state index in [1.165, 1.54) is 11.8 Å². The van der Waals surface area contributed by atoms with Crippen molar-refractivity contribution in [3.8, 4) is 11.8 Å². The van der Waals surface area contributed by atoms with Crippen LogP contribution in [0, 0.1) is 18.3 Å². The van der Waals surface area contributed by atoms with Crippen molar-refractivity contribution in [2.24, 2.45) is 4.99 Å². The number of carbonyl (C=O) groups is 1. The Balaban J connectivity index is 1.48. The Hall–Kier alpha value is -3.05. The van der Waals surface area contributed by atoms with E-state index >= 15 is 0 Å². The van der Waals surface area contributed by atoms with Gasteiger partial charge in [-0.25, -0.2) is 4.99 Å². The molecule has 1 amide bonds. The van der Waals surface area contributed by atoms with E-state index in [-0.39, 0.29) is 12.5 Å². The summed E-state index contributed by atoms with van der Waals surface area (Å²) in [7, 11) is 0. The number of carbonyl (C=O) groups excluding carboxylic acids is 1. The van der Waals surface area contributed by atoms with Crippen LogP contribution in [0.15, 0.2) is 75.0 Å². The molecule has 1 aliphatic heterocycles. The summed E-state index contributed by atoms with van der Waals surface area (Å²) in [5.74, 6) is 0.448. The molecule has 0 aliphatic carbocycles. The highest BCUT2D eigenvalue weighted by Crippen LogP contribution is 2.32. The Kier molecular flexibility index (Phi) is 7.19. The van der Waals surface area contributed by atoms with Crippen molar-refractivity contribution in [3.63, 3.8) is 0 Å². The predicted octanol–water partition coefficient (Wildman–Crippen LogP) is 6.75. The molecule has 0 spiro atoms. The zero-order valence-electron chi connectivity index (χ0n) is 17.4. The summed E-state index contributed by atoms with van der Waals surface area (Å²) in [5.41, 5.74) is 3.93. The first kappa shape index (κ1) is 23.1. The van der Waals surface area contributed by atoms with Crippen molar-refractivity contribution in [2.45, 2.75) is 13.5 Å². The van der Waals surface area contributed by atoms with Gasteiger partial charge < -0.3 is 10.1 Å². The molecule has 1 N–H and O–H groups in total. The minimum atomic E-state index is -0.199. The topological polar surface area (TPSA) is 74.5 Å². The van der Waals surface area contributed by atoms with Crippen LogP contribution in [-0.4, -0.2) is 11.1 Å². The van der Waals surface area contributed by atoms with Crippen LogP contribution >= 0.6 is 39.3 Å². The van der Waals surface area contributed by atoms with Crippen LogP contribution in [0.1, 0.15) is 22.3 Å². The van der Waals surface area contributed by atoms with Crippen LogP contribution in [0.25, 0.3) is 6.08 Å². The second-order valence-corrected chi connectivity index (χ2v) is 9.48. The lowest BCUT2D eigenvalue weighted by atomic mass is 10.1. The Bertz CT molecular complexity index is 1350. The molecule has 1 heterocycles. The zero-order valence-corrected chi connectivity index (χ0v) is 20.6. The van der Waals surface area contributed by atoms with Crippen molar-refractivity contribution in [2.75, 3.05) is 0 Å². The fraction of sp³-hybridized carbons (Fsp3) is 0.0800. The minimum Gasteiger partial charge on any atom is -0.488 e. The summed E-state index contributed by atoms with van der Waals surface area (Å²) < 4.78 is 6.63. The van der Waals surface area contributed by atoms with Crippen molar-refractivity contribution in [1.29, 1.82) is 5.26 Å². The zero-order chi connectivity index (χ0) is 23.4. The fourth-order valence-corrected chi connectivity index (χ4v) is 4.69. The van der Waals surface area contributed by atoms with Gasteiger partial charge in [-0.15, -0.1) is 0 Å². The number of benzene rings is 3. The molecule has 0 radical (unpaired) electrons. The molecule has 8 heteroatoms. The van der Waals surface area contributed by atoms with Gasteiger partial charge in [-0.3, -0.25) is 4.79 Å². The number of halogens is 2. The number of aryl methyl sites for hydroxylation is 1. The number of aliphatic imine (C=N–C) groups is 1. The fourth-order valence-electron chi connectivity index (χ4n) is 3.12. The third-order valence-corrected chi connectivity index (χ3v) is 6.57. The maximum Gasteiger partial charge on any atom is 0.264 e. The molecule has 0 atom stereocenters. The SMILES string of the molecule is Cc1cc(Cl)ccc1N=C1NC(=O)/C(=C/c2ccc(OCc3ccccc3C#N)c(Br)c2)S1. The highest BCUT2D eigenvalue weighted by atomic mass is 79.9. The van der Waals surface area contributed by atoms with E-state index in [2.05, 4.69) is 32.3 Å². The summed E-state index contributed by atoms with van der Waals surface area (Å²) in [6.45, 7) is 2.20. The second kappa shape index (κ2) is 10.3. The standard InChI is InChI=1S/C25H17BrClN3O2S/c1-15-10-19(27)7-8-21(15)29-25-30-24(31)23(33-25)12-16-6-9-22(20(26)11-16)32-14-18-5-3-2-4-17(18)13-28/h2-12H,14H2,1H3,(H,29,30,31)/b23-12-. The lowest BCUT2D eigenvalue weighted by Crippen LogP contribution is -2.19. The normalized spacial score (nSPS) is 15.5. The molecule has 33 heavy (non-hydrogen) atoms. The molecular formula is C25H17BrClN3O2S. The smallest absolute Gasteiger partial charge is 0.264 e. The van der Waals surface area contributed by atoms with Crippen LogP contribution < -0.4 is 10.1 Å². The van der Waals surface area contributed by atoms with Crippen LogP contribution in [-0.2, 0) is 11.4 Å². The van der Waals surface area contributed by atoms with Crippen molar-refractivity contribution in [1.82, 2.24) is 5.32 Å². The van der Waals surface area contributed by atoms with Gasteiger partial charge in [-0.05, 0) is 88.2 Å². The number of nitrogens with zero attached hydrogens (tertiary/aromatic N) is 2. The minimum absolute atomic E-state index is 0.199. The molecular weight excluding hydrogens is 522 g/mol. The largest absolute Gasteiger partial charge is 0.488 e. The number of amides is 1. The Morgan fingerprint density at radius 2 is 2.03 bits per heavy atom. The molecule has 4 rings (SSSR count). The summed E-state index contributed by atoms with van der Waals surface area (Å²) in [6, 6.07) is 20.5. The highest BCUT2D eigenvalue weighted by molar-refractivity contribution is 9.10. The predicted molar refractivity (Wildman–Crippen MR) is 137 cm³/mol. The van der Waals surface area contributed by atoms with Crippen LogP contribution in [0.4, 0.5) is 5.69 Å². The summed E-state index contributed by atoms with van der Waals surface area (Å²) >= 11 is 10.8. The van der Waals surface area contributed by atoms with Gasteiger partial charge in [0.05, 0.1) is 26.7 Å². The molecule has 0 unspecified atom stereocenters. The summed E-state index contributed by atoms with van der Waals surface area (Å²) in [5, 5.41) is 13.2. The number of ether oxygens (including phenoxy) is 1. The molecule has 164 valence electrons. The number of nitrogens with one attached hydrogen (secondary N) is 1. The van der Waals surface area contributed by atoms with E-state index in [0.29, 0.717) is 26.4 Å². The third-order valence-electron chi connectivity index (χ3n) is 4.81. The monoisotopic (exact) mass is 537 g/mol. The molecule has 1 saturated heterocycles. The third kappa shape index (κ3) is 5.66. The molecule has 1 aliphatic rings. The molecule has 3 aromatic carbocycles. The molecule has 0 bridgehead atoms. The molecule has 5 nitrogen and oxygen atoms in total. The molecule has 0 aromatic heterocycles. The maximum absolute atomic E-state index is 12.4.